The molecule has 2 aliphatic carbocycles. The zero-order valence-corrected chi connectivity index (χ0v) is 14.3. The van der Waals surface area contributed by atoms with E-state index in [-0.39, 0.29) is 6.10 Å². The van der Waals surface area contributed by atoms with E-state index in [1.165, 1.54) is 64.2 Å². The molecule has 2 nitrogen and oxygen atoms in total. The molecule has 0 heterocycles. The summed E-state index contributed by atoms with van der Waals surface area (Å²) in [5.41, 5.74) is 0. The van der Waals surface area contributed by atoms with Crippen LogP contribution in [0, 0.1) is 17.8 Å². The molecular weight excluding hydrogens is 258 g/mol. The highest BCUT2D eigenvalue weighted by molar-refractivity contribution is 4.81. The predicted molar refractivity (Wildman–Crippen MR) is 90.4 cm³/mol. The molecule has 0 aromatic carbocycles. The molecule has 124 valence electrons. The second-order valence-corrected chi connectivity index (χ2v) is 7.72. The van der Waals surface area contributed by atoms with Gasteiger partial charge in [-0.2, -0.15) is 0 Å². The van der Waals surface area contributed by atoms with Gasteiger partial charge in [0.2, 0.25) is 0 Å². The Morgan fingerprint density at radius 1 is 0.857 bits per heavy atom. The third-order valence-electron chi connectivity index (χ3n) is 6.17. The van der Waals surface area contributed by atoms with Crippen molar-refractivity contribution in [1.82, 2.24) is 5.32 Å². The standard InChI is InChI=1S/C19H37NO/c1-3-15-5-7-16(8-6-15)13-17-9-11-18(12-10-17)20-14-19(21)4-2/h15-21H,3-14H2,1-2H3. The van der Waals surface area contributed by atoms with E-state index in [1.54, 1.807) is 0 Å². The summed E-state index contributed by atoms with van der Waals surface area (Å²) in [5.74, 6) is 3.05. The number of nitrogens with one attached hydrogen (secondary N) is 1. The van der Waals surface area contributed by atoms with Crippen LogP contribution in [0.2, 0.25) is 0 Å². The van der Waals surface area contributed by atoms with Crippen LogP contribution >= 0.6 is 0 Å². The quantitative estimate of drug-likeness (QED) is 0.724. The summed E-state index contributed by atoms with van der Waals surface area (Å²) in [5, 5.41) is 13.2. The number of hydrogen-bond acceptors (Lipinski definition) is 2. The van der Waals surface area contributed by atoms with Crippen molar-refractivity contribution < 1.29 is 5.11 Å². The van der Waals surface area contributed by atoms with Crippen molar-refractivity contribution >= 4 is 0 Å². The van der Waals surface area contributed by atoms with Gasteiger partial charge in [0, 0.05) is 12.6 Å². The lowest BCUT2D eigenvalue weighted by Gasteiger charge is -2.34. The van der Waals surface area contributed by atoms with Crippen molar-refractivity contribution in [3.8, 4) is 0 Å². The van der Waals surface area contributed by atoms with Crippen molar-refractivity contribution in [3.63, 3.8) is 0 Å². The number of aliphatic hydroxyl groups excluding tert-OH is 1. The van der Waals surface area contributed by atoms with Gasteiger partial charge in [-0.1, -0.05) is 46.0 Å². The molecule has 0 aromatic heterocycles. The maximum absolute atomic E-state index is 9.64. The van der Waals surface area contributed by atoms with Crippen molar-refractivity contribution in [2.75, 3.05) is 6.54 Å². The van der Waals surface area contributed by atoms with E-state index in [0.29, 0.717) is 6.04 Å². The van der Waals surface area contributed by atoms with E-state index in [4.69, 9.17) is 0 Å². The first-order valence-electron chi connectivity index (χ1n) is 9.62. The summed E-state index contributed by atoms with van der Waals surface area (Å²) in [7, 11) is 0. The molecule has 0 radical (unpaired) electrons. The zero-order chi connectivity index (χ0) is 15.1. The van der Waals surface area contributed by atoms with Crippen LogP contribution < -0.4 is 5.32 Å². The Morgan fingerprint density at radius 2 is 1.38 bits per heavy atom. The maximum Gasteiger partial charge on any atom is 0.0662 e. The van der Waals surface area contributed by atoms with E-state index >= 15 is 0 Å². The summed E-state index contributed by atoms with van der Waals surface area (Å²) in [6, 6.07) is 0.665. The SMILES string of the molecule is CCC(O)CNC1CCC(CC2CCC(CC)CC2)CC1. The Hall–Kier alpha value is -0.0800. The molecule has 2 N–H and O–H groups in total. The van der Waals surface area contributed by atoms with Crippen LogP contribution in [0.25, 0.3) is 0 Å². The summed E-state index contributed by atoms with van der Waals surface area (Å²) in [4.78, 5) is 0. The van der Waals surface area contributed by atoms with Gasteiger partial charge in [-0.3, -0.25) is 0 Å². The molecule has 0 aromatic rings. The van der Waals surface area contributed by atoms with Gasteiger partial charge in [0.1, 0.15) is 0 Å². The lowest BCUT2D eigenvalue weighted by Crippen LogP contribution is -2.38. The third kappa shape index (κ3) is 5.90. The molecule has 1 unspecified atom stereocenters. The summed E-state index contributed by atoms with van der Waals surface area (Å²) in [6.07, 6.45) is 15.1. The van der Waals surface area contributed by atoms with Gasteiger partial charge < -0.3 is 10.4 Å². The molecule has 0 saturated heterocycles. The molecule has 2 aliphatic rings. The fraction of sp³-hybridized carbons (Fsp3) is 1.00. The smallest absolute Gasteiger partial charge is 0.0662 e. The molecule has 0 spiro atoms. The summed E-state index contributed by atoms with van der Waals surface area (Å²) >= 11 is 0. The molecule has 1 atom stereocenters. The molecule has 2 fully saturated rings. The topological polar surface area (TPSA) is 32.3 Å². The monoisotopic (exact) mass is 295 g/mol. The van der Waals surface area contributed by atoms with Crippen molar-refractivity contribution in [3.05, 3.63) is 0 Å². The molecular formula is C19H37NO. The van der Waals surface area contributed by atoms with Gasteiger partial charge in [0.25, 0.3) is 0 Å². The van der Waals surface area contributed by atoms with E-state index in [0.717, 1.165) is 30.7 Å². The fourth-order valence-electron chi connectivity index (χ4n) is 4.40. The molecule has 2 heteroatoms. The lowest BCUT2D eigenvalue weighted by atomic mass is 9.74. The normalized spacial score (nSPS) is 35.6. The Labute approximate surface area is 132 Å². The van der Waals surface area contributed by atoms with Gasteiger partial charge in [-0.25, -0.2) is 0 Å². The van der Waals surface area contributed by atoms with Crippen LogP contribution in [-0.4, -0.2) is 23.8 Å². The van der Waals surface area contributed by atoms with E-state index < -0.39 is 0 Å². The average Bonchev–Trinajstić information content (AvgIpc) is 2.54. The minimum atomic E-state index is -0.156. The molecule has 2 rings (SSSR count). The molecule has 0 bridgehead atoms. The van der Waals surface area contributed by atoms with E-state index in [2.05, 4.69) is 19.2 Å². The predicted octanol–water partition coefficient (Wildman–Crippen LogP) is 4.51. The number of hydrogen-bond donors (Lipinski definition) is 2. The highest BCUT2D eigenvalue weighted by atomic mass is 16.3. The number of rotatable bonds is 7. The molecule has 21 heavy (non-hydrogen) atoms. The van der Waals surface area contributed by atoms with Crippen LogP contribution in [0.3, 0.4) is 0 Å². The van der Waals surface area contributed by atoms with Crippen molar-refractivity contribution in [1.29, 1.82) is 0 Å². The van der Waals surface area contributed by atoms with Crippen molar-refractivity contribution in [2.24, 2.45) is 17.8 Å². The Balaban J connectivity index is 1.59. The second-order valence-electron chi connectivity index (χ2n) is 7.72. The van der Waals surface area contributed by atoms with Gasteiger partial charge in [-0.15, -0.1) is 0 Å². The highest BCUT2D eigenvalue weighted by Crippen LogP contribution is 2.37. The van der Waals surface area contributed by atoms with Gasteiger partial charge in [0.15, 0.2) is 0 Å². The van der Waals surface area contributed by atoms with Gasteiger partial charge in [0.05, 0.1) is 6.10 Å². The first-order chi connectivity index (χ1) is 10.2. The lowest BCUT2D eigenvalue weighted by molar-refractivity contribution is 0.151. The highest BCUT2D eigenvalue weighted by Gasteiger charge is 2.26. The van der Waals surface area contributed by atoms with Gasteiger partial charge in [-0.05, 0) is 56.3 Å². The fourth-order valence-corrected chi connectivity index (χ4v) is 4.40. The molecule has 2 saturated carbocycles. The van der Waals surface area contributed by atoms with Crippen molar-refractivity contribution in [2.45, 2.75) is 96.6 Å². The Kier molecular flexibility index (Phi) is 7.53. The Bertz CT molecular complexity index is 265. The van der Waals surface area contributed by atoms with Crippen LogP contribution in [-0.2, 0) is 0 Å². The average molecular weight is 296 g/mol. The minimum Gasteiger partial charge on any atom is -0.392 e. The summed E-state index contributed by atoms with van der Waals surface area (Å²) < 4.78 is 0. The van der Waals surface area contributed by atoms with E-state index in [9.17, 15) is 5.11 Å². The van der Waals surface area contributed by atoms with Crippen LogP contribution in [0.5, 0.6) is 0 Å². The van der Waals surface area contributed by atoms with Crippen LogP contribution in [0.4, 0.5) is 0 Å². The minimum absolute atomic E-state index is 0.156. The van der Waals surface area contributed by atoms with Crippen LogP contribution in [0.1, 0.15) is 84.5 Å². The number of aliphatic hydroxyl groups is 1. The third-order valence-corrected chi connectivity index (χ3v) is 6.17. The molecule has 0 amide bonds. The van der Waals surface area contributed by atoms with Crippen LogP contribution in [0.15, 0.2) is 0 Å². The first-order valence-corrected chi connectivity index (χ1v) is 9.62. The second kappa shape index (κ2) is 9.15. The van der Waals surface area contributed by atoms with Gasteiger partial charge >= 0.3 is 0 Å². The Morgan fingerprint density at radius 3 is 1.90 bits per heavy atom. The van der Waals surface area contributed by atoms with E-state index in [1.807, 2.05) is 0 Å². The largest absolute Gasteiger partial charge is 0.392 e. The molecule has 0 aliphatic heterocycles. The first kappa shape index (κ1) is 17.3. The zero-order valence-electron chi connectivity index (χ0n) is 14.3. The summed E-state index contributed by atoms with van der Waals surface area (Å²) in [6.45, 7) is 5.19. The maximum atomic E-state index is 9.64.